The maximum atomic E-state index is 12.4. The van der Waals surface area contributed by atoms with E-state index in [1.54, 1.807) is 24.1 Å². The minimum absolute atomic E-state index is 0.0567. The first-order valence-corrected chi connectivity index (χ1v) is 6.97. The molecule has 0 aromatic heterocycles. The molecule has 3 N–H and O–H groups in total. The molecule has 0 fully saturated rings. The number of methoxy groups -OCH3 is 1. The average Bonchev–Trinajstić information content (AvgIpc) is 2.42. The van der Waals surface area contributed by atoms with E-state index in [4.69, 9.17) is 10.5 Å². The van der Waals surface area contributed by atoms with Gasteiger partial charge in [-0.05, 0) is 31.0 Å². The number of anilines is 1. The maximum Gasteiger partial charge on any atom is 0.254 e. The molecule has 1 aliphatic heterocycles. The minimum atomic E-state index is -0.180. The summed E-state index contributed by atoms with van der Waals surface area (Å²) in [6.45, 7) is 2.90. The van der Waals surface area contributed by atoms with Crippen molar-refractivity contribution in [3.05, 3.63) is 29.3 Å². The Kier molecular flexibility index (Phi) is 4.80. The molecule has 1 heterocycles. The summed E-state index contributed by atoms with van der Waals surface area (Å²) in [5, 5.41) is 2.80. The molecule has 0 radical (unpaired) electrons. The van der Waals surface area contributed by atoms with Crippen LogP contribution in [-0.2, 0) is 16.0 Å². The van der Waals surface area contributed by atoms with Crippen molar-refractivity contribution in [1.82, 2.24) is 10.2 Å². The van der Waals surface area contributed by atoms with Gasteiger partial charge in [-0.15, -0.1) is 0 Å². The second-order valence-electron chi connectivity index (χ2n) is 5.32. The number of fused-ring (bicyclic) bond motifs is 1. The van der Waals surface area contributed by atoms with Gasteiger partial charge in [-0.25, -0.2) is 0 Å². The Bertz CT molecular complexity index is 545. The number of carbonyl (C=O) groups excluding carboxylic acids is 2. The van der Waals surface area contributed by atoms with E-state index in [0.29, 0.717) is 24.4 Å². The molecule has 114 valence electrons. The smallest absolute Gasteiger partial charge is 0.254 e. The van der Waals surface area contributed by atoms with E-state index in [1.807, 2.05) is 13.0 Å². The van der Waals surface area contributed by atoms with Crippen molar-refractivity contribution in [3.63, 3.8) is 0 Å². The number of ether oxygens (including phenoxy) is 1. The van der Waals surface area contributed by atoms with Crippen molar-refractivity contribution in [2.75, 3.05) is 32.5 Å². The normalized spacial score (nSPS) is 15.5. The molecular formula is C15H21N3O3. The van der Waals surface area contributed by atoms with Gasteiger partial charge in [-0.2, -0.15) is 0 Å². The van der Waals surface area contributed by atoms with Gasteiger partial charge in [0.25, 0.3) is 5.91 Å². The zero-order chi connectivity index (χ0) is 15.4. The summed E-state index contributed by atoms with van der Waals surface area (Å²) in [6, 6.07) is 5.27. The van der Waals surface area contributed by atoms with E-state index in [2.05, 4.69) is 5.32 Å². The summed E-state index contributed by atoms with van der Waals surface area (Å²) >= 11 is 0. The number of nitrogens with zero attached hydrogens (tertiary/aromatic N) is 1. The molecule has 0 bridgehead atoms. The lowest BCUT2D eigenvalue weighted by Gasteiger charge is -2.28. The fourth-order valence-electron chi connectivity index (χ4n) is 2.47. The van der Waals surface area contributed by atoms with E-state index in [-0.39, 0.29) is 24.4 Å². The largest absolute Gasteiger partial charge is 0.399 e. The molecule has 1 aliphatic rings. The minimum Gasteiger partial charge on any atom is -0.399 e. The summed E-state index contributed by atoms with van der Waals surface area (Å²) < 4.78 is 4.97. The van der Waals surface area contributed by atoms with Gasteiger partial charge in [0.1, 0.15) is 0 Å². The highest BCUT2D eigenvalue weighted by Crippen LogP contribution is 2.21. The molecule has 0 saturated carbocycles. The standard InChI is InChI=1S/C15H21N3O3/c1-10(9-21-2)17-14(19)8-18-6-5-11-3-4-12(16)7-13(11)15(18)20/h3-4,7,10H,5-6,8-9,16H2,1-2H3,(H,17,19). The maximum absolute atomic E-state index is 12.4. The predicted molar refractivity (Wildman–Crippen MR) is 79.9 cm³/mol. The second kappa shape index (κ2) is 6.58. The first-order chi connectivity index (χ1) is 10.0. The fourth-order valence-corrected chi connectivity index (χ4v) is 2.47. The average molecular weight is 291 g/mol. The highest BCUT2D eigenvalue weighted by molar-refractivity contribution is 5.99. The van der Waals surface area contributed by atoms with Crippen molar-refractivity contribution < 1.29 is 14.3 Å². The van der Waals surface area contributed by atoms with Gasteiger partial charge in [-0.3, -0.25) is 9.59 Å². The third-order valence-electron chi connectivity index (χ3n) is 3.46. The third-order valence-corrected chi connectivity index (χ3v) is 3.46. The number of nitrogen functional groups attached to an aromatic ring is 1. The van der Waals surface area contributed by atoms with Gasteiger partial charge in [0, 0.05) is 30.9 Å². The molecule has 0 spiro atoms. The molecule has 6 heteroatoms. The molecule has 1 aromatic carbocycles. The third kappa shape index (κ3) is 3.72. The molecule has 1 unspecified atom stereocenters. The molecule has 21 heavy (non-hydrogen) atoms. The first kappa shape index (κ1) is 15.3. The van der Waals surface area contributed by atoms with E-state index in [9.17, 15) is 9.59 Å². The SMILES string of the molecule is COCC(C)NC(=O)CN1CCc2ccc(N)cc2C1=O. The number of hydrogen-bond donors (Lipinski definition) is 2. The lowest BCUT2D eigenvalue weighted by atomic mass is 9.98. The van der Waals surface area contributed by atoms with E-state index in [1.165, 1.54) is 0 Å². The van der Waals surface area contributed by atoms with Gasteiger partial charge >= 0.3 is 0 Å². The van der Waals surface area contributed by atoms with Gasteiger partial charge in [-0.1, -0.05) is 6.07 Å². The Balaban J connectivity index is 2.00. The van der Waals surface area contributed by atoms with Crippen LogP contribution in [0.3, 0.4) is 0 Å². The van der Waals surface area contributed by atoms with Crippen LogP contribution in [0.4, 0.5) is 5.69 Å². The number of rotatable bonds is 5. The Hall–Kier alpha value is -2.08. The number of amides is 2. The Morgan fingerprint density at radius 2 is 2.29 bits per heavy atom. The van der Waals surface area contributed by atoms with Crippen LogP contribution in [0.25, 0.3) is 0 Å². The highest BCUT2D eigenvalue weighted by Gasteiger charge is 2.26. The van der Waals surface area contributed by atoms with Crippen LogP contribution < -0.4 is 11.1 Å². The van der Waals surface area contributed by atoms with Crippen LogP contribution in [0.15, 0.2) is 18.2 Å². The summed E-state index contributed by atoms with van der Waals surface area (Å²) in [5.74, 6) is -0.321. The predicted octanol–water partition coefficient (Wildman–Crippen LogP) is 0.418. The zero-order valence-corrected chi connectivity index (χ0v) is 12.4. The van der Waals surface area contributed by atoms with Crippen LogP contribution >= 0.6 is 0 Å². The van der Waals surface area contributed by atoms with Crippen LogP contribution in [0, 0.1) is 0 Å². The lowest BCUT2D eigenvalue weighted by Crippen LogP contribution is -2.46. The quantitative estimate of drug-likeness (QED) is 0.770. The number of carbonyl (C=O) groups is 2. The number of nitrogens with one attached hydrogen (secondary N) is 1. The number of nitrogens with two attached hydrogens (primary N) is 1. The van der Waals surface area contributed by atoms with Crippen molar-refractivity contribution in [1.29, 1.82) is 0 Å². The zero-order valence-electron chi connectivity index (χ0n) is 12.4. The van der Waals surface area contributed by atoms with Crippen molar-refractivity contribution >= 4 is 17.5 Å². The molecule has 1 aromatic rings. The summed E-state index contributed by atoms with van der Waals surface area (Å²) in [5.41, 5.74) is 7.86. The van der Waals surface area contributed by atoms with Gasteiger partial charge in [0.05, 0.1) is 13.2 Å². The van der Waals surface area contributed by atoms with Crippen molar-refractivity contribution in [2.45, 2.75) is 19.4 Å². The van der Waals surface area contributed by atoms with Gasteiger partial charge in [0.2, 0.25) is 5.91 Å². The summed E-state index contributed by atoms with van der Waals surface area (Å²) in [4.78, 5) is 25.9. The van der Waals surface area contributed by atoms with Crippen molar-refractivity contribution in [2.24, 2.45) is 0 Å². The molecule has 2 rings (SSSR count). The Morgan fingerprint density at radius 1 is 1.52 bits per heavy atom. The lowest BCUT2D eigenvalue weighted by molar-refractivity contribution is -0.122. The molecule has 0 saturated heterocycles. The Morgan fingerprint density at radius 3 is 3.00 bits per heavy atom. The molecule has 6 nitrogen and oxygen atoms in total. The molecular weight excluding hydrogens is 270 g/mol. The van der Waals surface area contributed by atoms with E-state index >= 15 is 0 Å². The van der Waals surface area contributed by atoms with E-state index < -0.39 is 0 Å². The van der Waals surface area contributed by atoms with Crippen LogP contribution in [-0.4, -0.2) is 49.6 Å². The number of benzene rings is 1. The topological polar surface area (TPSA) is 84.7 Å². The first-order valence-electron chi connectivity index (χ1n) is 6.97. The fraction of sp³-hybridized carbons (Fsp3) is 0.467. The van der Waals surface area contributed by atoms with Gasteiger partial charge in [0.15, 0.2) is 0 Å². The van der Waals surface area contributed by atoms with Crippen LogP contribution in [0.2, 0.25) is 0 Å². The summed E-state index contributed by atoms with van der Waals surface area (Å²) in [6.07, 6.45) is 0.738. The van der Waals surface area contributed by atoms with Crippen LogP contribution in [0.5, 0.6) is 0 Å². The van der Waals surface area contributed by atoms with Crippen LogP contribution in [0.1, 0.15) is 22.8 Å². The Labute approximate surface area is 124 Å². The molecule has 2 amide bonds. The van der Waals surface area contributed by atoms with E-state index in [0.717, 1.165) is 12.0 Å². The van der Waals surface area contributed by atoms with Crippen molar-refractivity contribution in [3.8, 4) is 0 Å². The summed E-state index contributed by atoms with van der Waals surface area (Å²) in [7, 11) is 1.58. The second-order valence-corrected chi connectivity index (χ2v) is 5.32. The molecule has 1 atom stereocenters. The monoisotopic (exact) mass is 291 g/mol. The molecule has 0 aliphatic carbocycles. The highest BCUT2D eigenvalue weighted by atomic mass is 16.5. The number of hydrogen-bond acceptors (Lipinski definition) is 4. The van der Waals surface area contributed by atoms with Gasteiger partial charge < -0.3 is 20.7 Å².